The van der Waals surface area contributed by atoms with Gasteiger partial charge in [-0.15, -0.1) is 0 Å². The highest BCUT2D eigenvalue weighted by molar-refractivity contribution is 6.09. The molecular weight excluding hydrogens is 346 g/mol. The number of ketones is 1. The number of carbonyl (C=O) groups excluding carboxylic acids is 1. The largest absolute Gasteiger partial charge is 0.465 e. The number of rotatable bonds is 3. The van der Waals surface area contributed by atoms with Gasteiger partial charge in [-0.25, -0.2) is 14.8 Å². The van der Waals surface area contributed by atoms with E-state index in [1.165, 1.54) is 0 Å². The summed E-state index contributed by atoms with van der Waals surface area (Å²) in [5, 5.41) is 12.6. The minimum absolute atomic E-state index is 0.115. The van der Waals surface area contributed by atoms with Gasteiger partial charge in [0.05, 0.1) is 35.7 Å². The molecule has 3 aromatic rings. The molecule has 27 heavy (non-hydrogen) atoms. The van der Waals surface area contributed by atoms with Gasteiger partial charge in [0, 0.05) is 17.6 Å². The molecule has 1 aromatic carbocycles. The van der Waals surface area contributed by atoms with E-state index in [0.717, 1.165) is 10.6 Å². The predicted molar refractivity (Wildman–Crippen MR) is 99.0 cm³/mol. The summed E-state index contributed by atoms with van der Waals surface area (Å²) in [4.78, 5) is 36.9. The normalized spacial score (nSPS) is 13.4. The van der Waals surface area contributed by atoms with E-state index in [0.29, 0.717) is 34.2 Å². The van der Waals surface area contributed by atoms with Crippen molar-refractivity contribution >= 4 is 23.3 Å². The van der Waals surface area contributed by atoms with Crippen LogP contribution >= 0.6 is 0 Å². The Morgan fingerprint density at radius 1 is 1.22 bits per heavy atom. The molecule has 0 aliphatic carbocycles. The Balaban J connectivity index is 1.86. The van der Waals surface area contributed by atoms with Crippen LogP contribution < -0.4 is 5.32 Å². The number of Topliss-reactive ketones (excluding diaryl/α,β-unsaturated/α-hetero) is 1. The Hall–Kier alpha value is -3.68. The van der Waals surface area contributed by atoms with Gasteiger partial charge in [0.25, 0.3) is 0 Å². The zero-order valence-corrected chi connectivity index (χ0v) is 14.6. The molecular formula is C19H17N5O3. The van der Waals surface area contributed by atoms with Gasteiger partial charge in [0.15, 0.2) is 5.78 Å². The van der Waals surface area contributed by atoms with E-state index in [4.69, 9.17) is 0 Å². The average molecular weight is 363 g/mol. The Morgan fingerprint density at radius 3 is 2.70 bits per heavy atom. The summed E-state index contributed by atoms with van der Waals surface area (Å²) < 4.78 is 0. The van der Waals surface area contributed by atoms with Crippen LogP contribution in [0.1, 0.15) is 21.9 Å². The summed E-state index contributed by atoms with van der Waals surface area (Å²) in [5.74, 6) is 0.342. The minimum atomic E-state index is -1.12. The van der Waals surface area contributed by atoms with Crippen molar-refractivity contribution in [1.29, 1.82) is 0 Å². The van der Waals surface area contributed by atoms with Crippen LogP contribution in [0, 0.1) is 6.92 Å². The van der Waals surface area contributed by atoms with Crippen molar-refractivity contribution in [3.8, 4) is 11.4 Å². The zero-order valence-electron chi connectivity index (χ0n) is 14.6. The standard InChI is InChI=1S/C19H17N5O3/c1-11-20-8-7-13(21-11)17-18(22-12-5-3-2-4-6-12)16-14(23-17)9-24(19(26)27)10-15(16)25/h2-8,22-23H,9-10H2,1H3,(H,26,27). The van der Waals surface area contributed by atoms with Crippen molar-refractivity contribution in [2.75, 3.05) is 11.9 Å². The molecule has 1 amide bonds. The van der Waals surface area contributed by atoms with Gasteiger partial charge in [-0.2, -0.15) is 0 Å². The van der Waals surface area contributed by atoms with Crippen LogP contribution in [0.15, 0.2) is 42.6 Å². The van der Waals surface area contributed by atoms with Crippen molar-refractivity contribution in [3.05, 3.63) is 59.7 Å². The molecule has 4 rings (SSSR count). The van der Waals surface area contributed by atoms with Crippen molar-refractivity contribution in [2.24, 2.45) is 0 Å². The maximum Gasteiger partial charge on any atom is 0.408 e. The molecule has 0 bridgehead atoms. The Morgan fingerprint density at radius 2 is 2.00 bits per heavy atom. The van der Waals surface area contributed by atoms with Crippen LogP contribution in [-0.2, 0) is 6.54 Å². The maximum absolute atomic E-state index is 12.7. The van der Waals surface area contributed by atoms with Crippen molar-refractivity contribution in [1.82, 2.24) is 19.9 Å². The number of H-pyrrole nitrogens is 1. The first-order valence-electron chi connectivity index (χ1n) is 8.41. The number of para-hydroxylation sites is 1. The second-order valence-corrected chi connectivity index (χ2v) is 6.27. The Kier molecular flexibility index (Phi) is 4.08. The van der Waals surface area contributed by atoms with Gasteiger partial charge in [0.1, 0.15) is 5.82 Å². The molecule has 3 heterocycles. The minimum Gasteiger partial charge on any atom is -0.465 e. The summed E-state index contributed by atoms with van der Waals surface area (Å²) >= 11 is 0. The van der Waals surface area contributed by atoms with Gasteiger partial charge >= 0.3 is 6.09 Å². The molecule has 0 saturated heterocycles. The lowest BCUT2D eigenvalue weighted by atomic mass is 10.0. The third-order valence-corrected chi connectivity index (χ3v) is 4.39. The van der Waals surface area contributed by atoms with E-state index < -0.39 is 6.09 Å². The topological polar surface area (TPSA) is 111 Å². The molecule has 0 spiro atoms. The number of aryl methyl sites for hydroxylation is 1. The average Bonchev–Trinajstić information content (AvgIpc) is 3.01. The highest BCUT2D eigenvalue weighted by atomic mass is 16.4. The third-order valence-electron chi connectivity index (χ3n) is 4.39. The smallest absolute Gasteiger partial charge is 0.408 e. The quantitative estimate of drug-likeness (QED) is 0.659. The summed E-state index contributed by atoms with van der Waals surface area (Å²) in [6, 6.07) is 11.2. The van der Waals surface area contributed by atoms with Crippen molar-refractivity contribution in [2.45, 2.75) is 13.5 Å². The SMILES string of the molecule is Cc1nccc(-c2[nH]c3c(c2Nc2ccccc2)C(=O)CN(C(=O)O)C3)n1. The molecule has 3 N–H and O–H groups in total. The second-order valence-electron chi connectivity index (χ2n) is 6.27. The Bertz CT molecular complexity index is 1030. The number of nitrogens with zero attached hydrogens (tertiary/aromatic N) is 3. The van der Waals surface area contributed by atoms with E-state index in [1.54, 1.807) is 19.2 Å². The van der Waals surface area contributed by atoms with Gasteiger partial charge < -0.3 is 15.4 Å². The Labute approximate surface area is 154 Å². The molecule has 0 unspecified atom stereocenters. The first-order chi connectivity index (χ1) is 13.0. The highest BCUT2D eigenvalue weighted by Crippen LogP contribution is 2.37. The van der Waals surface area contributed by atoms with Gasteiger partial charge in [-0.1, -0.05) is 18.2 Å². The number of hydrogen-bond donors (Lipinski definition) is 3. The third kappa shape index (κ3) is 3.12. The van der Waals surface area contributed by atoms with Gasteiger partial charge in [-0.3, -0.25) is 9.69 Å². The summed E-state index contributed by atoms with van der Waals surface area (Å²) in [6.07, 6.45) is 0.524. The second kappa shape index (κ2) is 6.56. The fourth-order valence-corrected chi connectivity index (χ4v) is 3.19. The van der Waals surface area contributed by atoms with Crippen LogP contribution in [0.5, 0.6) is 0 Å². The van der Waals surface area contributed by atoms with E-state index in [-0.39, 0.29) is 18.9 Å². The number of aromatic amines is 1. The first kappa shape index (κ1) is 16.8. The number of aromatic nitrogens is 3. The number of anilines is 2. The van der Waals surface area contributed by atoms with E-state index in [1.807, 2.05) is 30.3 Å². The van der Waals surface area contributed by atoms with Crippen LogP contribution in [0.25, 0.3) is 11.4 Å². The van der Waals surface area contributed by atoms with E-state index >= 15 is 0 Å². The predicted octanol–water partition coefficient (Wildman–Crippen LogP) is 3.20. The van der Waals surface area contributed by atoms with Crippen LogP contribution in [0.2, 0.25) is 0 Å². The van der Waals surface area contributed by atoms with E-state index in [9.17, 15) is 14.7 Å². The lowest BCUT2D eigenvalue weighted by Crippen LogP contribution is -2.38. The number of fused-ring (bicyclic) bond motifs is 1. The van der Waals surface area contributed by atoms with Gasteiger partial charge in [0.2, 0.25) is 0 Å². The fraction of sp³-hybridized carbons (Fsp3) is 0.158. The zero-order chi connectivity index (χ0) is 19.0. The summed E-state index contributed by atoms with van der Waals surface area (Å²) in [7, 11) is 0. The van der Waals surface area contributed by atoms with Crippen molar-refractivity contribution < 1.29 is 14.7 Å². The van der Waals surface area contributed by atoms with Crippen LogP contribution in [-0.4, -0.2) is 43.4 Å². The lowest BCUT2D eigenvalue weighted by molar-refractivity contribution is 0.0874. The highest BCUT2D eigenvalue weighted by Gasteiger charge is 2.32. The number of benzene rings is 1. The first-order valence-corrected chi connectivity index (χ1v) is 8.41. The molecule has 136 valence electrons. The van der Waals surface area contributed by atoms with Gasteiger partial charge in [-0.05, 0) is 25.1 Å². The molecule has 8 heteroatoms. The molecule has 0 radical (unpaired) electrons. The maximum atomic E-state index is 12.7. The lowest BCUT2D eigenvalue weighted by Gasteiger charge is -2.23. The molecule has 0 atom stereocenters. The number of carboxylic acid groups (broad SMARTS) is 1. The fourth-order valence-electron chi connectivity index (χ4n) is 3.19. The number of nitrogens with one attached hydrogen (secondary N) is 2. The van der Waals surface area contributed by atoms with Crippen LogP contribution in [0.3, 0.4) is 0 Å². The molecule has 1 aliphatic rings. The molecule has 2 aromatic heterocycles. The number of hydrogen-bond acceptors (Lipinski definition) is 5. The summed E-state index contributed by atoms with van der Waals surface area (Å²) in [5.41, 5.74) is 3.71. The van der Waals surface area contributed by atoms with Crippen LogP contribution in [0.4, 0.5) is 16.2 Å². The summed E-state index contributed by atoms with van der Waals surface area (Å²) in [6.45, 7) is 1.73. The van der Waals surface area contributed by atoms with Crippen molar-refractivity contribution in [3.63, 3.8) is 0 Å². The molecule has 0 saturated carbocycles. The molecule has 8 nitrogen and oxygen atoms in total. The number of amides is 1. The van der Waals surface area contributed by atoms with E-state index in [2.05, 4.69) is 20.3 Å². The molecule has 1 aliphatic heterocycles. The number of carbonyl (C=O) groups is 2. The molecule has 0 fully saturated rings. The monoisotopic (exact) mass is 363 g/mol.